The van der Waals surface area contributed by atoms with E-state index in [2.05, 4.69) is 53.7 Å². The number of hydrogen-bond acceptors (Lipinski definition) is 1. The molecule has 0 aliphatic carbocycles. The van der Waals surface area contributed by atoms with Crippen LogP contribution in [0.5, 0.6) is 0 Å². The Morgan fingerprint density at radius 2 is 1.85 bits per heavy atom. The van der Waals surface area contributed by atoms with Crippen molar-refractivity contribution in [1.82, 2.24) is 9.55 Å². The highest BCUT2D eigenvalue weighted by atomic mass is 35.5. The third-order valence-electron chi connectivity index (χ3n) is 3.67. The Balaban J connectivity index is 2.27. The number of benzene rings is 2. The number of hydrogen-bond donors (Lipinski definition) is 0. The first-order chi connectivity index (χ1) is 9.74. The lowest BCUT2D eigenvalue weighted by Crippen LogP contribution is -2.00. The average molecular weight is 285 g/mol. The first-order valence-electron chi connectivity index (χ1n) is 6.86. The Kier molecular flexibility index (Phi) is 3.49. The largest absolute Gasteiger partial charge is 0.295 e. The van der Waals surface area contributed by atoms with E-state index in [1.54, 1.807) is 0 Å². The fraction of sp³-hybridized carbons (Fsp3) is 0.235. The van der Waals surface area contributed by atoms with E-state index in [1.807, 2.05) is 12.1 Å². The molecule has 0 fully saturated rings. The quantitative estimate of drug-likeness (QED) is 0.641. The molecule has 0 atom stereocenters. The molecule has 0 amide bonds. The van der Waals surface area contributed by atoms with Gasteiger partial charge in [-0.1, -0.05) is 31.2 Å². The molecule has 3 rings (SSSR count). The molecule has 0 saturated carbocycles. The summed E-state index contributed by atoms with van der Waals surface area (Å²) in [6, 6.07) is 14.8. The zero-order chi connectivity index (χ0) is 14.1. The highest BCUT2D eigenvalue weighted by Gasteiger charge is 2.13. The lowest BCUT2D eigenvalue weighted by atomic mass is 10.1. The van der Waals surface area contributed by atoms with Gasteiger partial charge in [0.15, 0.2) is 0 Å². The van der Waals surface area contributed by atoms with E-state index in [-0.39, 0.29) is 0 Å². The number of halogens is 1. The molecule has 3 aromatic rings. The van der Waals surface area contributed by atoms with E-state index in [0.29, 0.717) is 5.88 Å². The van der Waals surface area contributed by atoms with Gasteiger partial charge < -0.3 is 0 Å². The number of nitrogens with zero attached hydrogens (tertiary/aromatic N) is 2. The summed E-state index contributed by atoms with van der Waals surface area (Å²) in [5.74, 6) is 1.30. The highest BCUT2D eigenvalue weighted by Crippen LogP contribution is 2.25. The topological polar surface area (TPSA) is 17.8 Å². The molecule has 3 heteroatoms. The molecule has 0 saturated heterocycles. The normalized spacial score (nSPS) is 11.2. The number of rotatable bonds is 3. The number of para-hydroxylation sites is 1. The first kappa shape index (κ1) is 13.2. The monoisotopic (exact) mass is 284 g/mol. The first-order valence-corrected chi connectivity index (χ1v) is 7.40. The molecule has 20 heavy (non-hydrogen) atoms. The molecular formula is C17H17ClN2. The predicted octanol–water partition coefficient (Wildman–Crippen LogP) is 4.64. The predicted molar refractivity (Wildman–Crippen MR) is 84.7 cm³/mol. The van der Waals surface area contributed by atoms with Crippen molar-refractivity contribution in [2.75, 3.05) is 0 Å². The fourth-order valence-corrected chi connectivity index (χ4v) is 2.77. The number of alkyl halides is 1. The van der Waals surface area contributed by atoms with Crippen LogP contribution < -0.4 is 0 Å². The Bertz CT molecular complexity index is 742. The molecular weight excluding hydrogens is 268 g/mol. The summed E-state index contributed by atoms with van der Waals surface area (Å²) >= 11 is 6.08. The molecule has 0 radical (unpaired) electrons. The molecule has 1 aromatic heterocycles. The maximum Gasteiger partial charge on any atom is 0.129 e. The maximum absolute atomic E-state index is 6.08. The Morgan fingerprint density at radius 3 is 2.50 bits per heavy atom. The molecule has 2 nitrogen and oxygen atoms in total. The van der Waals surface area contributed by atoms with Gasteiger partial charge in [0.1, 0.15) is 5.82 Å². The third-order valence-corrected chi connectivity index (χ3v) is 3.91. The molecule has 0 unspecified atom stereocenters. The van der Waals surface area contributed by atoms with Crippen LogP contribution in [0.15, 0.2) is 42.5 Å². The molecule has 2 aromatic carbocycles. The lowest BCUT2D eigenvalue weighted by molar-refractivity contribution is 0.976. The van der Waals surface area contributed by atoms with Crippen LogP contribution in [0.25, 0.3) is 16.7 Å². The van der Waals surface area contributed by atoms with E-state index in [0.717, 1.165) is 29.0 Å². The molecule has 1 heterocycles. The smallest absolute Gasteiger partial charge is 0.129 e. The fourth-order valence-electron chi connectivity index (χ4n) is 2.59. The van der Waals surface area contributed by atoms with E-state index in [4.69, 9.17) is 11.6 Å². The van der Waals surface area contributed by atoms with Gasteiger partial charge >= 0.3 is 0 Å². The van der Waals surface area contributed by atoms with Crippen LogP contribution in [0, 0.1) is 6.92 Å². The van der Waals surface area contributed by atoms with Gasteiger partial charge in [-0.3, -0.25) is 4.57 Å². The van der Waals surface area contributed by atoms with Crippen molar-refractivity contribution >= 4 is 22.6 Å². The van der Waals surface area contributed by atoms with Gasteiger partial charge in [0, 0.05) is 5.69 Å². The number of aryl methyl sites for hydroxylation is 2. The lowest BCUT2D eigenvalue weighted by Gasteiger charge is -2.10. The zero-order valence-electron chi connectivity index (χ0n) is 11.7. The van der Waals surface area contributed by atoms with Crippen molar-refractivity contribution in [3.63, 3.8) is 0 Å². The second kappa shape index (κ2) is 5.29. The Labute approximate surface area is 124 Å². The number of imidazole rings is 1. The van der Waals surface area contributed by atoms with E-state index >= 15 is 0 Å². The Morgan fingerprint density at radius 1 is 1.10 bits per heavy atom. The minimum Gasteiger partial charge on any atom is -0.295 e. The van der Waals surface area contributed by atoms with Crippen molar-refractivity contribution in [1.29, 1.82) is 0 Å². The van der Waals surface area contributed by atoms with Crippen molar-refractivity contribution in [3.8, 4) is 5.69 Å². The van der Waals surface area contributed by atoms with Gasteiger partial charge in [0.2, 0.25) is 0 Å². The minimum absolute atomic E-state index is 0.406. The second-order valence-corrected chi connectivity index (χ2v) is 5.23. The molecule has 0 aliphatic heterocycles. The van der Waals surface area contributed by atoms with Gasteiger partial charge in [-0.15, -0.1) is 11.6 Å². The van der Waals surface area contributed by atoms with E-state index in [1.165, 1.54) is 11.1 Å². The zero-order valence-corrected chi connectivity index (χ0v) is 12.5. The van der Waals surface area contributed by atoms with Crippen molar-refractivity contribution in [3.05, 3.63) is 59.4 Å². The van der Waals surface area contributed by atoms with Crippen LogP contribution in [-0.2, 0) is 12.3 Å². The van der Waals surface area contributed by atoms with Gasteiger partial charge in [-0.25, -0.2) is 4.98 Å². The molecule has 0 spiro atoms. The summed E-state index contributed by atoms with van der Waals surface area (Å²) in [7, 11) is 0. The van der Waals surface area contributed by atoms with E-state index < -0.39 is 0 Å². The van der Waals surface area contributed by atoms with E-state index in [9.17, 15) is 0 Å². The summed E-state index contributed by atoms with van der Waals surface area (Å²) in [5, 5.41) is 0. The van der Waals surface area contributed by atoms with Crippen LogP contribution in [0.3, 0.4) is 0 Å². The van der Waals surface area contributed by atoms with Crippen LogP contribution in [-0.4, -0.2) is 9.55 Å². The summed E-state index contributed by atoms with van der Waals surface area (Å²) in [6.45, 7) is 4.27. The standard InChI is InChI=1S/C17H17ClN2/c1-3-13-7-9-14(10-8-13)20-16(11-18)19-15-6-4-5-12(2)17(15)20/h4-10H,3,11H2,1-2H3. The second-order valence-electron chi connectivity index (χ2n) is 4.96. The summed E-state index contributed by atoms with van der Waals surface area (Å²) in [6.07, 6.45) is 1.05. The highest BCUT2D eigenvalue weighted by molar-refractivity contribution is 6.17. The molecule has 0 bridgehead atoms. The van der Waals surface area contributed by atoms with Crippen LogP contribution >= 0.6 is 11.6 Å². The number of aromatic nitrogens is 2. The summed E-state index contributed by atoms with van der Waals surface area (Å²) in [4.78, 5) is 4.64. The molecule has 0 aliphatic rings. The van der Waals surface area contributed by atoms with Crippen LogP contribution in [0.4, 0.5) is 0 Å². The van der Waals surface area contributed by atoms with Gasteiger partial charge in [0.05, 0.1) is 16.9 Å². The van der Waals surface area contributed by atoms with Crippen molar-refractivity contribution < 1.29 is 0 Å². The third kappa shape index (κ3) is 2.10. The van der Waals surface area contributed by atoms with Gasteiger partial charge in [-0.05, 0) is 42.7 Å². The van der Waals surface area contributed by atoms with Crippen molar-refractivity contribution in [2.45, 2.75) is 26.1 Å². The Hall–Kier alpha value is -1.80. The summed E-state index contributed by atoms with van der Waals surface area (Å²) < 4.78 is 2.16. The molecule has 0 N–H and O–H groups in total. The SMILES string of the molecule is CCc1ccc(-n2c(CCl)nc3cccc(C)c32)cc1. The molecule has 102 valence electrons. The van der Waals surface area contributed by atoms with Crippen LogP contribution in [0.1, 0.15) is 23.9 Å². The minimum atomic E-state index is 0.406. The average Bonchev–Trinajstić information content (AvgIpc) is 2.87. The van der Waals surface area contributed by atoms with Crippen molar-refractivity contribution in [2.24, 2.45) is 0 Å². The van der Waals surface area contributed by atoms with Crippen LogP contribution in [0.2, 0.25) is 0 Å². The van der Waals surface area contributed by atoms with Gasteiger partial charge in [-0.2, -0.15) is 0 Å². The maximum atomic E-state index is 6.08. The summed E-state index contributed by atoms with van der Waals surface area (Å²) in [5.41, 5.74) is 5.82. The number of fused-ring (bicyclic) bond motifs is 1. The van der Waals surface area contributed by atoms with Gasteiger partial charge in [0.25, 0.3) is 0 Å².